The van der Waals surface area contributed by atoms with E-state index in [0.717, 1.165) is 19.3 Å². The van der Waals surface area contributed by atoms with Crippen LogP contribution in [0.5, 0.6) is 0 Å². The van der Waals surface area contributed by atoms with E-state index in [4.69, 9.17) is 5.11 Å². The Balaban J connectivity index is 1.78. The zero-order chi connectivity index (χ0) is 13.7. The van der Waals surface area contributed by atoms with Crippen LogP contribution in [0.25, 0.3) is 0 Å². The van der Waals surface area contributed by atoms with E-state index in [-0.39, 0.29) is 24.5 Å². The van der Waals surface area contributed by atoms with Gasteiger partial charge in [0.2, 0.25) is 0 Å². The maximum absolute atomic E-state index is 11.7. The number of amides is 2. The molecule has 0 spiro atoms. The van der Waals surface area contributed by atoms with Gasteiger partial charge in [-0.25, -0.2) is 4.79 Å². The Bertz CT molecular complexity index is 455. The van der Waals surface area contributed by atoms with E-state index in [9.17, 15) is 9.59 Å². The summed E-state index contributed by atoms with van der Waals surface area (Å²) in [7, 11) is 0. The van der Waals surface area contributed by atoms with E-state index in [1.165, 1.54) is 5.56 Å². The number of hydrogen-bond acceptors (Lipinski definition) is 2. The molecule has 19 heavy (non-hydrogen) atoms. The van der Waals surface area contributed by atoms with Crippen LogP contribution >= 0.6 is 0 Å². The number of benzene rings is 1. The Morgan fingerprint density at radius 2 is 1.89 bits per heavy atom. The van der Waals surface area contributed by atoms with Crippen LogP contribution in [0.3, 0.4) is 0 Å². The molecular weight excluding hydrogens is 244 g/mol. The molecule has 0 radical (unpaired) electrons. The summed E-state index contributed by atoms with van der Waals surface area (Å²) in [6.45, 7) is 0.155. The van der Waals surface area contributed by atoms with Gasteiger partial charge in [-0.3, -0.25) is 4.79 Å². The number of nitrogens with one attached hydrogen (secondary N) is 2. The van der Waals surface area contributed by atoms with Gasteiger partial charge < -0.3 is 15.7 Å². The molecule has 1 aliphatic carbocycles. The molecule has 2 rings (SSSR count). The molecular formula is C14H18N2O3. The average molecular weight is 262 g/mol. The first-order chi connectivity index (χ1) is 9.10. The van der Waals surface area contributed by atoms with E-state index in [2.05, 4.69) is 10.6 Å². The highest BCUT2D eigenvalue weighted by Gasteiger charge is 2.43. The number of urea groups is 1. The number of carbonyl (C=O) groups is 2. The number of hydrogen-bond donors (Lipinski definition) is 3. The maximum Gasteiger partial charge on any atom is 0.315 e. The second kappa shape index (κ2) is 5.73. The highest BCUT2D eigenvalue weighted by molar-refractivity contribution is 5.76. The smallest absolute Gasteiger partial charge is 0.315 e. The lowest BCUT2D eigenvalue weighted by Gasteiger charge is -2.17. The Hall–Kier alpha value is -2.04. The standard InChI is InChI=1S/C14H18N2O3/c17-12(18)6-9-15-13(19)16-14(7-8-14)10-11-4-2-1-3-5-11/h1-5H,6-10H2,(H,17,18)(H2,15,16,19). The fraction of sp³-hybridized carbons (Fsp3) is 0.429. The summed E-state index contributed by atoms with van der Waals surface area (Å²) in [4.78, 5) is 22.0. The van der Waals surface area contributed by atoms with Crippen molar-refractivity contribution in [2.75, 3.05) is 6.54 Å². The van der Waals surface area contributed by atoms with Crippen molar-refractivity contribution in [3.05, 3.63) is 35.9 Å². The third-order valence-electron chi connectivity index (χ3n) is 3.24. The number of carboxylic acids is 1. The van der Waals surface area contributed by atoms with Gasteiger partial charge in [-0.1, -0.05) is 30.3 Å². The Kier molecular flexibility index (Phi) is 4.04. The molecule has 1 fully saturated rings. The van der Waals surface area contributed by atoms with Gasteiger partial charge in [0.05, 0.1) is 6.42 Å². The summed E-state index contributed by atoms with van der Waals surface area (Å²) in [5.41, 5.74) is 1.06. The second-order valence-corrected chi connectivity index (χ2v) is 4.97. The third kappa shape index (κ3) is 4.28. The van der Waals surface area contributed by atoms with E-state index in [1.54, 1.807) is 0 Å². The van der Waals surface area contributed by atoms with Gasteiger partial charge in [-0.2, -0.15) is 0 Å². The minimum Gasteiger partial charge on any atom is -0.481 e. The summed E-state index contributed by atoms with van der Waals surface area (Å²) in [5, 5.41) is 14.0. The molecule has 0 bridgehead atoms. The maximum atomic E-state index is 11.7. The minimum atomic E-state index is -0.911. The van der Waals surface area contributed by atoms with Crippen molar-refractivity contribution < 1.29 is 14.7 Å². The van der Waals surface area contributed by atoms with Gasteiger partial charge in [-0.05, 0) is 24.8 Å². The topological polar surface area (TPSA) is 78.4 Å². The van der Waals surface area contributed by atoms with Crippen molar-refractivity contribution in [1.29, 1.82) is 0 Å². The minimum absolute atomic E-state index is 0.0564. The summed E-state index contributed by atoms with van der Waals surface area (Å²) in [6.07, 6.45) is 2.70. The fourth-order valence-electron chi connectivity index (χ4n) is 2.05. The van der Waals surface area contributed by atoms with Crippen LogP contribution in [-0.2, 0) is 11.2 Å². The van der Waals surface area contributed by atoms with E-state index >= 15 is 0 Å². The number of aliphatic carboxylic acids is 1. The molecule has 2 amide bonds. The first-order valence-corrected chi connectivity index (χ1v) is 6.41. The van der Waals surface area contributed by atoms with Gasteiger partial charge in [0, 0.05) is 12.1 Å². The molecule has 1 aromatic carbocycles. The number of carboxylic acid groups (broad SMARTS) is 1. The van der Waals surface area contributed by atoms with Gasteiger partial charge in [0.15, 0.2) is 0 Å². The zero-order valence-electron chi connectivity index (χ0n) is 10.7. The lowest BCUT2D eigenvalue weighted by atomic mass is 10.0. The summed E-state index contributed by atoms with van der Waals surface area (Å²) < 4.78 is 0. The van der Waals surface area contributed by atoms with Crippen molar-refractivity contribution in [2.24, 2.45) is 0 Å². The first kappa shape index (κ1) is 13.4. The van der Waals surface area contributed by atoms with E-state index in [0.29, 0.717) is 0 Å². The van der Waals surface area contributed by atoms with Gasteiger partial charge in [0.1, 0.15) is 0 Å². The van der Waals surface area contributed by atoms with Crippen molar-refractivity contribution in [2.45, 2.75) is 31.2 Å². The molecule has 1 aromatic rings. The van der Waals surface area contributed by atoms with Crippen LogP contribution < -0.4 is 10.6 Å². The Morgan fingerprint density at radius 1 is 1.21 bits per heavy atom. The van der Waals surface area contributed by atoms with Crippen LogP contribution in [0.2, 0.25) is 0 Å². The summed E-state index contributed by atoms with van der Waals surface area (Å²) in [6, 6.07) is 9.75. The second-order valence-electron chi connectivity index (χ2n) is 4.97. The van der Waals surface area contributed by atoms with Crippen LogP contribution in [-0.4, -0.2) is 29.2 Å². The lowest BCUT2D eigenvalue weighted by molar-refractivity contribution is -0.136. The van der Waals surface area contributed by atoms with Gasteiger partial charge in [0.25, 0.3) is 0 Å². The molecule has 0 aromatic heterocycles. The molecule has 0 saturated heterocycles. The zero-order valence-corrected chi connectivity index (χ0v) is 10.7. The quantitative estimate of drug-likeness (QED) is 0.727. The predicted octanol–water partition coefficient (Wildman–Crippen LogP) is 1.54. The van der Waals surface area contributed by atoms with E-state index in [1.807, 2.05) is 30.3 Å². The molecule has 102 valence electrons. The Labute approximate surface area is 112 Å². The molecule has 0 atom stereocenters. The highest BCUT2D eigenvalue weighted by atomic mass is 16.4. The van der Waals surface area contributed by atoms with Crippen molar-refractivity contribution in [1.82, 2.24) is 10.6 Å². The van der Waals surface area contributed by atoms with Crippen molar-refractivity contribution in [3.8, 4) is 0 Å². The van der Waals surface area contributed by atoms with Crippen LogP contribution in [0.15, 0.2) is 30.3 Å². The molecule has 0 unspecified atom stereocenters. The third-order valence-corrected chi connectivity index (χ3v) is 3.24. The largest absolute Gasteiger partial charge is 0.481 e. The molecule has 1 saturated carbocycles. The average Bonchev–Trinajstić information content (AvgIpc) is 3.09. The SMILES string of the molecule is O=C(O)CCNC(=O)NC1(Cc2ccccc2)CC1. The molecule has 1 aliphatic rings. The van der Waals surface area contributed by atoms with Crippen molar-refractivity contribution in [3.63, 3.8) is 0 Å². The van der Waals surface area contributed by atoms with Crippen LogP contribution in [0, 0.1) is 0 Å². The van der Waals surface area contributed by atoms with Crippen LogP contribution in [0.1, 0.15) is 24.8 Å². The predicted molar refractivity (Wildman–Crippen MR) is 70.9 cm³/mol. The highest BCUT2D eigenvalue weighted by Crippen LogP contribution is 2.38. The number of rotatable bonds is 6. The van der Waals surface area contributed by atoms with E-state index < -0.39 is 5.97 Å². The van der Waals surface area contributed by atoms with Gasteiger partial charge >= 0.3 is 12.0 Å². The number of carbonyl (C=O) groups excluding carboxylic acids is 1. The molecule has 3 N–H and O–H groups in total. The lowest BCUT2D eigenvalue weighted by Crippen LogP contribution is -2.45. The van der Waals surface area contributed by atoms with Gasteiger partial charge in [-0.15, -0.1) is 0 Å². The monoisotopic (exact) mass is 262 g/mol. The molecule has 5 nitrogen and oxygen atoms in total. The van der Waals surface area contributed by atoms with Crippen LogP contribution in [0.4, 0.5) is 4.79 Å². The Morgan fingerprint density at radius 3 is 2.47 bits per heavy atom. The fourth-order valence-corrected chi connectivity index (χ4v) is 2.05. The summed E-state index contributed by atoms with van der Waals surface area (Å²) >= 11 is 0. The molecule has 5 heteroatoms. The molecule has 0 heterocycles. The first-order valence-electron chi connectivity index (χ1n) is 6.41. The molecule has 0 aliphatic heterocycles. The van der Waals surface area contributed by atoms with Crippen molar-refractivity contribution >= 4 is 12.0 Å². The normalized spacial score (nSPS) is 15.6. The summed E-state index contributed by atoms with van der Waals surface area (Å²) in [5.74, 6) is -0.911.